The average molecular weight is 528 g/mol. The van der Waals surface area contributed by atoms with Crippen LogP contribution < -0.4 is 5.73 Å². The Morgan fingerprint density at radius 1 is 0.484 bits per heavy atom. The van der Waals surface area contributed by atoms with Gasteiger partial charge in [-0.2, -0.15) is 0 Å². The molecule has 2 heteroatoms. The first kappa shape index (κ1) is 25.6. The predicted octanol–water partition coefficient (Wildman–Crippen LogP) is 7.62. The lowest BCUT2D eigenvalue weighted by Gasteiger charge is -2.35. The highest BCUT2D eigenvalue weighted by molar-refractivity contribution is 14.0. The van der Waals surface area contributed by atoms with Crippen LogP contribution in [0.1, 0.15) is 55.2 Å². The molecule has 0 aliphatic carbocycles. The van der Waals surface area contributed by atoms with Gasteiger partial charge in [0.1, 0.15) is 0 Å². The minimum atomic E-state index is 0. The minimum Gasteiger partial charge on any atom is -0.330 e. The molecule has 0 aromatic heterocycles. The van der Waals surface area contributed by atoms with Crippen molar-refractivity contribution in [3.63, 3.8) is 0 Å². The highest BCUT2D eigenvalue weighted by Crippen LogP contribution is 2.37. The van der Waals surface area contributed by atoms with Crippen molar-refractivity contribution in [3.05, 3.63) is 108 Å². The van der Waals surface area contributed by atoms with Crippen molar-refractivity contribution < 1.29 is 0 Å². The highest BCUT2D eigenvalue weighted by Gasteiger charge is 2.30. The van der Waals surface area contributed by atoms with E-state index in [1.165, 1.54) is 48.8 Å². The van der Waals surface area contributed by atoms with Gasteiger partial charge in [0, 0.05) is 0 Å². The van der Waals surface area contributed by atoms with E-state index in [2.05, 4.69) is 91.0 Å². The number of nitrogens with two attached hydrogens (primary N) is 1. The van der Waals surface area contributed by atoms with Gasteiger partial charge >= 0.3 is 0 Å². The molecule has 0 heterocycles. The Kier molecular flexibility index (Phi) is 11.9. The molecule has 0 saturated heterocycles. The van der Waals surface area contributed by atoms with E-state index in [1.54, 1.807) is 0 Å². The second-order valence-corrected chi connectivity index (χ2v) is 8.79. The lowest BCUT2D eigenvalue weighted by atomic mass is 9.69. The molecular formula is C29H38IN. The molecule has 3 aromatic rings. The molecule has 0 atom stereocenters. The van der Waals surface area contributed by atoms with Crippen LogP contribution in [-0.4, -0.2) is 6.54 Å². The summed E-state index contributed by atoms with van der Waals surface area (Å²) in [6.45, 7) is 0.819. The van der Waals surface area contributed by atoms with Crippen molar-refractivity contribution in [2.24, 2.45) is 11.1 Å². The molecule has 2 N–H and O–H groups in total. The zero-order valence-electron chi connectivity index (χ0n) is 18.7. The van der Waals surface area contributed by atoms with E-state index < -0.39 is 0 Å². The van der Waals surface area contributed by atoms with Crippen LogP contribution in [0.3, 0.4) is 0 Å². The summed E-state index contributed by atoms with van der Waals surface area (Å²) in [5, 5.41) is 0. The van der Waals surface area contributed by atoms with E-state index in [4.69, 9.17) is 5.73 Å². The first-order valence-electron chi connectivity index (χ1n) is 11.6. The summed E-state index contributed by atoms with van der Waals surface area (Å²) in [7, 11) is 0. The molecule has 0 aliphatic rings. The average Bonchev–Trinajstić information content (AvgIpc) is 2.78. The highest BCUT2D eigenvalue weighted by atomic mass is 127. The normalized spacial score (nSPS) is 11.1. The zero-order valence-corrected chi connectivity index (χ0v) is 21.0. The van der Waals surface area contributed by atoms with Gasteiger partial charge in [0.2, 0.25) is 0 Å². The molecule has 166 valence electrons. The van der Waals surface area contributed by atoms with E-state index in [0.29, 0.717) is 0 Å². The summed E-state index contributed by atoms with van der Waals surface area (Å²) in [4.78, 5) is 0. The van der Waals surface area contributed by atoms with Gasteiger partial charge in [-0.25, -0.2) is 0 Å². The smallest absolute Gasteiger partial charge is 0.00773 e. The molecule has 3 aromatic carbocycles. The maximum absolute atomic E-state index is 5.67. The van der Waals surface area contributed by atoms with Gasteiger partial charge < -0.3 is 5.73 Å². The molecule has 31 heavy (non-hydrogen) atoms. The Morgan fingerprint density at radius 2 is 0.839 bits per heavy atom. The summed E-state index contributed by atoms with van der Waals surface area (Å²) in [5.41, 5.74) is 10.3. The largest absolute Gasteiger partial charge is 0.330 e. The standard InChI is InChI=1S/C29H37N.HI/c30-22-14-3-1-2-13-21-29(23-26-15-7-4-8-16-26,24-27-17-9-5-10-18-27)25-28-19-11-6-12-20-28;/h4-12,15-20H,1-3,13-14,21-25,30H2;1H. The fourth-order valence-electron chi connectivity index (χ4n) is 4.71. The van der Waals surface area contributed by atoms with E-state index in [-0.39, 0.29) is 29.4 Å². The number of hydrogen-bond acceptors (Lipinski definition) is 1. The summed E-state index contributed by atoms with van der Waals surface area (Å²) in [6.07, 6.45) is 10.9. The quantitative estimate of drug-likeness (QED) is 0.180. The molecule has 0 bridgehead atoms. The Balaban J connectivity index is 0.00000341. The van der Waals surface area contributed by atoms with Crippen LogP contribution in [0.4, 0.5) is 0 Å². The van der Waals surface area contributed by atoms with Gasteiger partial charge in [-0.3, -0.25) is 0 Å². The number of halogens is 1. The molecule has 0 fully saturated rings. The molecule has 0 aliphatic heterocycles. The van der Waals surface area contributed by atoms with Crippen LogP contribution in [0.15, 0.2) is 91.0 Å². The van der Waals surface area contributed by atoms with Crippen LogP contribution >= 0.6 is 24.0 Å². The second kappa shape index (κ2) is 14.4. The maximum Gasteiger partial charge on any atom is -0.00773 e. The fourth-order valence-corrected chi connectivity index (χ4v) is 4.71. The SMILES string of the molecule is I.NCCCCCCCC(Cc1ccccc1)(Cc1ccccc1)Cc1ccccc1. The van der Waals surface area contributed by atoms with Crippen molar-refractivity contribution in [1.29, 1.82) is 0 Å². The van der Waals surface area contributed by atoms with Crippen LogP contribution in [0.2, 0.25) is 0 Å². The van der Waals surface area contributed by atoms with Crippen molar-refractivity contribution in [1.82, 2.24) is 0 Å². The summed E-state index contributed by atoms with van der Waals surface area (Å²) >= 11 is 0. The van der Waals surface area contributed by atoms with E-state index in [1.807, 2.05) is 0 Å². The molecule has 0 saturated carbocycles. The van der Waals surface area contributed by atoms with Gasteiger partial charge in [-0.15, -0.1) is 24.0 Å². The zero-order chi connectivity index (χ0) is 20.9. The fraction of sp³-hybridized carbons (Fsp3) is 0.379. The second-order valence-electron chi connectivity index (χ2n) is 8.79. The van der Waals surface area contributed by atoms with E-state index >= 15 is 0 Å². The number of hydrogen-bond donors (Lipinski definition) is 1. The first-order valence-corrected chi connectivity index (χ1v) is 11.6. The monoisotopic (exact) mass is 527 g/mol. The number of benzene rings is 3. The molecule has 0 spiro atoms. The lowest BCUT2D eigenvalue weighted by Crippen LogP contribution is -2.30. The Hall–Kier alpha value is -1.65. The Morgan fingerprint density at radius 3 is 1.23 bits per heavy atom. The van der Waals surface area contributed by atoms with Gasteiger partial charge in [0.25, 0.3) is 0 Å². The van der Waals surface area contributed by atoms with Gasteiger partial charge in [-0.05, 0) is 60.8 Å². The molecule has 0 unspecified atom stereocenters. The third-order valence-corrected chi connectivity index (χ3v) is 6.18. The molecule has 0 amide bonds. The molecule has 3 rings (SSSR count). The lowest BCUT2D eigenvalue weighted by molar-refractivity contribution is 0.243. The third-order valence-electron chi connectivity index (χ3n) is 6.18. The van der Waals surface area contributed by atoms with Crippen LogP contribution in [0, 0.1) is 5.41 Å². The number of unbranched alkanes of at least 4 members (excludes halogenated alkanes) is 4. The minimum absolute atomic E-state index is 0. The summed E-state index contributed by atoms with van der Waals surface area (Å²) < 4.78 is 0. The Bertz CT molecular complexity index is 716. The van der Waals surface area contributed by atoms with Crippen molar-refractivity contribution >= 4 is 24.0 Å². The van der Waals surface area contributed by atoms with Crippen molar-refractivity contribution in [2.45, 2.75) is 57.8 Å². The molecule has 0 radical (unpaired) electrons. The third kappa shape index (κ3) is 9.16. The topological polar surface area (TPSA) is 26.0 Å². The van der Waals surface area contributed by atoms with E-state index in [9.17, 15) is 0 Å². The predicted molar refractivity (Wildman–Crippen MR) is 145 cm³/mol. The number of rotatable bonds is 13. The Labute approximate surface area is 206 Å². The van der Waals surface area contributed by atoms with Crippen molar-refractivity contribution in [2.75, 3.05) is 6.54 Å². The maximum atomic E-state index is 5.67. The summed E-state index contributed by atoms with van der Waals surface area (Å²) in [6, 6.07) is 33.2. The van der Waals surface area contributed by atoms with Crippen LogP contribution in [-0.2, 0) is 19.3 Å². The first-order chi connectivity index (χ1) is 14.8. The van der Waals surface area contributed by atoms with Crippen LogP contribution in [0.5, 0.6) is 0 Å². The van der Waals surface area contributed by atoms with Gasteiger partial charge in [0.05, 0.1) is 0 Å². The van der Waals surface area contributed by atoms with Gasteiger partial charge in [-0.1, -0.05) is 117 Å². The van der Waals surface area contributed by atoms with E-state index in [0.717, 1.165) is 32.2 Å². The van der Waals surface area contributed by atoms with Gasteiger partial charge in [0.15, 0.2) is 0 Å². The summed E-state index contributed by atoms with van der Waals surface area (Å²) in [5.74, 6) is 0. The van der Waals surface area contributed by atoms with Crippen LogP contribution in [0.25, 0.3) is 0 Å². The van der Waals surface area contributed by atoms with Crippen molar-refractivity contribution in [3.8, 4) is 0 Å². The molecular weight excluding hydrogens is 489 g/mol. The molecule has 1 nitrogen and oxygen atoms in total.